The van der Waals surface area contributed by atoms with Crippen LogP contribution >= 0.6 is 11.6 Å². The molecule has 1 heterocycles. The molecule has 0 radical (unpaired) electrons. The van der Waals surface area contributed by atoms with Crippen molar-refractivity contribution < 1.29 is 13.9 Å². The number of benzene rings is 1. The molecule has 1 aliphatic heterocycles. The Labute approximate surface area is 130 Å². The van der Waals surface area contributed by atoms with E-state index in [1.54, 1.807) is 13.2 Å². The summed E-state index contributed by atoms with van der Waals surface area (Å²) in [7, 11) is 1.69. The summed E-state index contributed by atoms with van der Waals surface area (Å²) >= 11 is 5.75. The molecule has 1 aromatic carbocycles. The summed E-state index contributed by atoms with van der Waals surface area (Å²) in [5.74, 6) is -0.358. The molecular weight excluding hydrogens is 293 g/mol. The zero-order chi connectivity index (χ0) is 15.3. The molecule has 1 saturated heterocycles. The minimum absolute atomic E-state index is 0.00594. The Morgan fingerprint density at radius 1 is 1.52 bits per heavy atom. The van der Waals surface area contributed by atoms with Gasteiger partial charge in [-0.05, 0) is 37.5 Å². The second-order valence-electron chi connectivity index (χ2n) is 5.72. The number of hydrogen-bond acceptors (Lipinski definition) is 3. The van der Waals surface area contributed by atoms with Gasteiger partial charge in [0.1, 0.15) is 5.82 Å². The Morgan fingerprint density at radius 3 is 2.95 bits per heavy atom. The first-order valence-electron chi connectivity index (χ1n) is 7.32. The first-order valence-corrected chi connectivity index (χ1v) is 7.70. The molecule has 2 unspecified atom stereocenters. The standard InChI is InChI=1S/C16H23ClFNO2/c1-12-16(5-7-21-12,11-19-6-8-20-2)10-13-3-4-14(17)15(18)9-13/h3-4,9,12,19H,5-8,10-11H2,1-2H3. The van der Waals surface area contributed by atoms with Crippen molar-refractivity contribution in [1.29, 1.82) is 0 Å². The molecule has 0 aromatic heterocycles. The van der Waals surface area contributed by atoms with Crippen LogP contribution in [0.2, 0.25) is 5.02 Å². The Bertz CT molecular complexity index is 472. The van der Waals surface area contributed by atoms with Gasteiger partial charge in [-0.2, -0.15) is 0 Å². The second-order valence-corrected chi connectivity index (χ2v) is 6.13. The molecule has 118 valence electrons. The van der Waals surface area contributed by atoms with Gasteiger partial charge >= 0.3 is 0 Å². The van der Waals surface area contributed by atoms with Crippen LogP contribution in [0.3, 0.4) is 0 Å². The third-order valence-electron chi connectivity index (χ3n) is 4.33. The fourth-order valence-corrected chi connectivity index (χ4v) is 3.03. The summed E-state index contributed by atoms with van der Waals surface area (Å²) in [5, 5.41) is 3.59. The van der Waals surface area contributed by atoms with Crippen molar-refractivity contribution in [2.45, 2.75) is 25.9 Å². The van der Waals surface area contributed by atoms with E-state index in [4.69, 9.17) is 21.1 Å². The van der Waals surface area contributed by atoms with Crippen LogP contribution in [0, 0.1) is 11.2 Å². The zero-order valence-electron chi connectivity index (χ0n) is 12.6. The van der Waals surface area contributed by atoms with E-state index in [0.29, 0.717) is 6.61 Å². The fraction of sp³-hybridized carbons (Fsp3) is 0.625. The first kappa shape index (κ1) is 16.7. The highest BCUT2D eigenvalue weighted by Gasteiger charge is 2.41. The van der Waals surface area contributed by atoms with Crippen molar-refractivity contribution in [2.75, 3.05) is 33.4 Å². The summed E-state index contributed by atoms with van der Waals surface area (Å²) in [5.41, 5.74) is 0.955. The minimum atomic E-state index is -0.358. The molecule has 21 heavy (non-hydrogen) atoms. The van der Waals surface area contributed by atoms with Crippen molar-refractivity contribution in [2.24, 2.45) is 5.41 Å². The first-order chi connectivity index (χ1) is 10.1. The van der Waals surface area contributed by atoms with E-state index in [2.05, 4.69) is 12.2 Å². The molecule has 0 aliphatic carbocycles. The third-order valence-corrected chi connectivity index (χ3v) is 4.64. The summed E-state index contributed by atoms with van der Waals surface area (Å²) in [6, 6.07) is 5.05. The van der Waals surface area contributed by atoms with Gasteiger partial charge in [0, 0.05) is 32.2 Å². The van der Waals surface area contributed by atoms with E-state index >= 15 is 0 Å². The highest BCUT2D eigenvalue weighted by atomic mass is 35.5. The van der Waals surface area contributed by atoms with Gasteiger partial charge in [-0.25, -0.2) is 4.39 Å². The van der Waals surface area contributed by atoms with E-state index in [9.17, 15) is 4.39 Å². The molecule has 5 heteroatoms. The normalized spacial score (nSPS) is 25.4. The van der Waals surface area contributed by atoms with Crippen LogP contribution in [0.5, 0.6) is 0 Å². The van der Waals surface area contributed by atoms with Crippen molar-refractivity contribution in [3.63, 3.8) is 0 Å². The Balaban J connectivity index is 2.07. The summed E-state index contributed by atoms with van der Waals surface area (Å²) in [6.45, 7) is 5.17. The average Bonchev–Trinajstić information content (AvgIpc) is 2.81. The zero-order valence-corrected chi connectivity index (χ0v) is 13.4. The Hall–Kier alpha value is -0.680. The van der Waals surface area contributed by atoms with E-state index in [0.717, 1.165) is 38.1 Å². The smallest absolute Gasteiger partial charge is 0.142 e. The quantitative estimate of drug-likeness (QED) is 0.785. The summed E-state index contributed by atoms with van der Waals surface area (Å²) in [4.78, 5) is 0. The van der Waals surface area contributed by atoms with E-state index in [1.165, 1.54) is 6.07 Å². The van der Waals surface area contributed by atoms with E-state index in [-0.39, 0.29) is 22.4 Å². The monoisotopic (exact) mass is 315 g/mol. The van der Waals surface area contributed by atoms with Gasteiger partial charge in [-0.1, -0.05) is 17.7 Å². The average molecular weight is 316 g/mol. The van der Waals surface area contributed by atoms with Crippen molar-refractivity contribution in [3.8, 4) is 0 Å². The Morgan fingerprint density at radius 2 is 2.33 bits per heavy atom. The van der Waals surface area contributed by atoms with Gasteiger partial charge in [-0.3, -0.25) is 0 Å². The lowest BCUT2D eigenvalue weighted by molar-refractivity contribution is 0.0619. The van der Waals surface area contributed by atoms with Crippen LogP contribution in [0.1, 0.15) is 18.9 Å². The molecule has 1 N–H and O–H groups in total. The van der Waals surface area contributed by atoms with Crippen LogP contribution in [-0.4, -0.2) is 39.5 Å². The predicted molar refractivity (Wildman–Crippen MR) is 82.3 cm³/mol. The lowest BCUT2D eigenvalue weighted by Gasteiger charge is -2.33. The molecule has 0 spiro atoms. The molecule has 1 fully saturated rings. The molecule has 3 nitrogen and oxygen atoms in total. The van der Waals surface area contributed by atoms with Gasteiger partial charge in [0.25, 0.3) is 0 Å². The molecule has 1 aromatic rings. The maximum Gasteiger partial charge on any atom is 0.142 e. The molecular formula is C16H23ClFNO2. The molecule has 0 amide bonds. The van der Waals surface area contributed by atoms with Crippen LogP contribution in [0.25, 0.3) is 0 Å². The lowest BCUT2D eigenvalue weighted by Crippen LogP contribution is -2.42. The van der Waals surface area contributed by atoms with Crippen molar-refractivity contribution >= 4 is 11.6 Å². The van der Waals surface area contributed by atoms with Gasteiger partial charge in [0.2, 0.25) is 0 Å². The van der Waals surface area contributed by atoms with Gasteiger partial charge in [0.05, 0.1) is 17.7 Å². The van der Waals surface area contributed by atoms with Gasteiger partial charge in [0.15, 0.2) is 0 Å². The maximum atomic E-state index is 13.6. The lowest BCUT2D eigenvalue weighted by atomic mass is 9.76. The maximum absolute atomic E-state index is 13.6. The highest BCUT2D eigenvalue weighted by molar-refractivity contribution is 6.30. The van der Waals surface area contributed by atoms with Crippen molar-refractivity contribution in [1.82, 2.24) is 5.32 Å². The number of halogens is 2. The summed E-state index contributed by atoms with van der Waals surface area (Å²) < 4.78 is 24.4. The largest absolute Gasteiger partial charge is 0.383 e. The van der Waals surface area contributed by atoms with Crippen LogP contribution in [-0.2, 0) is 15.9 Å². The topological polar surface area (TPSA) is 30.5 Å². The number of methoxy groups -OCH3 is 1. The number of rotatable bonds is 7. The molecule has 1 aliphatic rings. The number of hydrogen-bond donors (Lipinski definition) is 1. The molecule has 2 atom stereocenters. The van der Waals surface area contributed by atoms with Gasteiger partial charge in [-0.15, -0.1) is 0 Å². The van der Waals surface area contributed by atoms with Crippen LogP contribution in [0.15, 0.2) is 18.2 Å². The fourth-order valence-electron chi connectivity index (χ4n) is 2.91. The Kier molecular flexibility index (Phi) is 5.99. The number of nitrogens with one attached hydrogen (secondary N) is 1. The minimum Gasteiger partial charge on any atom is -0.383 e. The van der Waals surface area contributed by atoms with E-state index in [1.807, 2.05) is 6.07 Å². The van der Waals surface area contributed by atoms with Crippen molar-refractivity contribution in [3.05, 3.63) is 34.6 Å². The highest BCUT2D eigenvalue weighted by Crippen LogP contribution is 2.38. The summed E-state index contributed by atoms with van der Waals surface area (Å²) in [6.07, 6.45) is 1.90. The SMILES string of the molecule is COCCNCC1(Cc2ccc(Cl)c(F)c2)CCOC1C. The molecule has 2 rings (SSSR count). The number of ether oxygens (including phenoxy) is 2. The van der Waals surface area contributed by atoms with Crippen LogP contribution in [0.4, 0.5) is 4.39 Å². The van der Waals surface area contributed by atoms with Crippen LogP contribution < -0.4 is 5.32 Å². The van der Waals surface area contributed by atoms with Gasteiger partial charge < -0.3 is 14.8 Å². The predicted octanol–water partition coefficient (Wildman–Crippen LogP) is 3.05. The molecule has 0 saturated carbocycles. The van der Waals surface area contributed by atoms with E-state index < -0.39 is 0 Å². The third kappa shape index (κ3) is 4.16. The second kappa shape index (κ2) is 7.54. The molecule has 0 bridgehead atoms.